The molecule has 0 spiro atoms. The molecule has 0 amide bonds. The van der Waals surface area contributed by atoms with Crippen molar-refractivity contribution in [1.82, 2.24) is 10.3 Å². The number of thiazole rings is 1. The molecule has 1 N–H and O–H groups in total. The van der Waals surface area contributed by atoms with Crippen molar-refractivity contribution in [3.05, 3.63) is 16.6 Å². The van der Waals surface area contributed by atoms with Crippen molar-refractivity contribution in [2.45, 2.75) is 39.2 Å². The Morgan fingerprint density at radius 3 is 3.07 bits per heavy atom. The Bertz CT molecular complexity index is 308. The molecular weight excluding hydrogens is 204 g/mol. The molecule has 3 heteroatoms. The van der Waals surface area contributed by atoms with Gasteiger partial charge < -0.3 is 5.32 Å². The molecule has 0 saturated heterocycles. The van der Waals surface area contributed by atoms with Gasteiger partial charge in [-0.3, -0.25) is 4.98 Å². The van der Waals surface area contributed by atoms with E-state index in [0.29, 0.717) is 6.04 Å². The number of hydrogen-bond acceptors (Lipinski definition) is 3. The summed E-state index contributed by atoms with van der Waals surface area (Å²) < 4.78 is 0. The van der Waals surface area contributed by atoms with Crippen molar-refractivity contribution in [1.29, 1.82) is 0 Å². The number of nitrogens with zero attached hydrogens (tertiary/aromatic N) is 1. The molecule has 1 aromatic heterocycles. The third-order valence-electron chi connectivity index (χ3n) is 2.17. The van der Waals surface area contributed by atoms with Crippen molar-refractivity contribution < 1.29 is 0 Å². The zero-order chi connectivity index (χ0) is 10.9. The number of hydrogen-bond donors (Lipinski definition) is 1. The largest absolute Gasteiger partial charge is 0.309 e. The first kappa shape index (κ1) is 12.2. The van der Waals surface area contributed by atoms with Gasteiger partial charge in [-0.1, -0.05) is 6.92 Å². The molecule has 82 valence electrons. The number of nitrogens with one attached hydrogen (secondary N) is 1. The summed E-state index contributed by atoms with van der Waals surface area (Å²) in [6.07, 6.45) is 5.14. The number of rotatable bonds is 6. The molecule has 0 aliphatic heterocycles. The van der Waals surface area contributed by atoms with E-state index >= 15 is 0 Å². The summed E-state index contributed by atoms with van der Waals surface area (Å²) in [7, 11) is 0. The Balaban J connectivity index is 2.48. The minimum absolute atomic E-state index is 0.429. The minimum atomic E-state index is 0.429. The van der Waals surface area contributed by atoms with Gasteiger partial charge in [-0.15, -0.1) is 23.2 Å². The van der Waals surface area contributed by atoms with Gasteiger partial charge >= 0.3 is 0 Å². The first-order chi connectivity index (χ1) is 7.38. The summed E-state index contributed by atoms with van der Waals surface area (Å²) >= 11 is 1.72. The van der Waals surface area contributed by atoms with E-state index in [0.717, 1.165) is 25.8 Å². The Hall–Kier alpha value is -0.850. The van der Waals surface area contributed by atoms with Crippen LogP contribution in [0.1, 0.15) is 44.0 Å². The van der Waals surface area contributed by atoms with Crippen LogP contribution in [0, 0.1) is 11.8 Å². The van der Waals surface area contributed by atoms with Crippen LogP contribution >= 0.6 is 11.3 Å². The fourth-order valence-electron chi connectivity index (χ4n) is 1.40. The summed E-state index contributed by atoms with van der Waals surface area (Å²) in [4.78, 5) is 5.44. The van der Waals surface area contributed by atoms with Gasteiger partial charge in [0.05, 0.1) is 5.51 Å². The molecule has 0 aliphatic rings. The van der Waals surface area contributed by atoms with Crippen LogP contribution in [0.25, 0.3) is 0 Å². The minimum Gasteiger partial charge on any atom is -0.309 e. The van der Waals surface area contributed by atoms with Crippen molar-refractivity contribution in [3.8, 4) is 11.8 Å². The van der Waals surface area contributed by atoms with E-state index < -0.39 is 0 Å². The standard InChI is InChI=1S/C12H18N2S/c1-3-5-6-7-11(14-8-4-2)12-9-13-10-15-12/h9-11,14H,4,6-8H2,1-2H3. The molecule has 0 bridgehead atoms. The SMILES string of the molecule is CC#CCCC(NCCC)c1cncs1. The lowest BCUT2D eigenvalue weighted by atomic mass is 10.1. The van der Waals surface area contributed by atoms with Gasteiger partial charge in [0.15, 0.2) is 0 Å². The average Bonchev–Trinajstić information content (AvgIpc) is 2.76. The molecule has 0 aromatic carbocycles. The van der Waals surface area contributed by atoms with Gasteiger partial charge in [0.1, 0.15) is 0 Å². The van der Waals surface area contributed by atoms with E-state index in [9.17, 15) is 0 Å². The molecule has 1 aromatic rings. The lowest BCUT2D eigenvalue weighted by Crippen LogP contribution is -2.21. The second-order valence-corrected chi connectivity index (χ2v) is 4.29. The zero-order valence-electron chi connectivity index (χ0n) is 9.42. The van der Waals surface area contributed by atoms with E-state index in [1.807, 2.05) is 18.6 Å². The Kier molecular flexibility index (Phi) is 6.06. The molecule has 1 unspecified atom stereocenters. The monoisotopic (exact) mass is 222 g/mol. The highest BCUT2D eigenvalue weighted by atomic mass is 32.1. The fraction of sp³-hybridized carbons (Fsp3) is 0.583. The summed E-state index contributed by atoms with van der Waals surface area (Å²) in [6, 6.07) is 0.429. The highest BCUT2D eigenvalue weighted by Crippen LogP contribution is 2.21. The maximum absolute atomic E-state index is 4.12. The summed E-state index contributed by atoms with van der Waals surface area (Å²) in [5.41, 5.74) is 1.89. The van der Waals surface area contributed by atoms with E-state index in [1.54, 1.807) is 11.3 Å². The van der Waals surface area contributed by atoms with Crippen LogP contribution in [0.5, 0.6) is 0 Å². The van der Waals surface area contributed by atoms with Crippen LogP contribution in [-0.2, 0) is 0 Å². The fourth-order valence-corrected chi connectivity index (χ4v) is 2.13. The van der Waals surface area contributed by atoms with Gasteiger partial charge in [-0.25, -0.2) is 0 Å². The summed E-state index contributed by atoms with van der Waals surface area (Å²) in [5.74, 6) is 6.05. The molecule has 0 aliphatic carbocycles. The zero-order valence-corrected chi connectivity index (χ0v) is 10.2. The summed E-state index contributed by atoms with van der Waals surface area (Å²) in [5, 5.41) is 3.53. The smallest absolute Gasteiger partial charge is 0.0794 e. The molecule has 15 heavy (non-hydrogen) atoms. The van der Waals surface area contributed by atoms with Crippen molar-refractivity contribution in [3.63, 3.8) is 0 Å². The Labute approximate surface area is 96.1 Å². The normalized spacial score (nSPS) is 11.9. The third-order valence-corrected chi connectivity index (χ3v) is 3.06. The van der Waals surface area contributed by atoms with Crippen LogP contribution in [0.3, 0.4) is 0 Å². The maximum atomic E-state index is 4.12. The first-order valence-electron chi connectivity index (χ1n) is 5.39. The number of aromatic nitrogens is 1. The van der Waals surface area contributed by atoms with Crippen molar-refractivity contribution >= 4 is 11.3 Å². The van der Waals surface area contributed by atoms with E-state index in [2.05, 4.69) is 29.1 Å². The lowest BCUT2D eigenvalue weighted by Gasteiger charge is -2.14. The molecule has 0 fully saturated rings. The predicted molar refractivity (Wildman–Crippen MR) is 65.8 cm³/mol. The predicted octanol–water partition coefficient (Wildman–Crippen LogP) is 2.99. The van der Waals surface area contributed by atoms with Gasteiger partial charge in [0, 0.05) is 23.5 Å². The van der Waals surface area contributed by atoms with Crippen LogP contribution in [0.2, 0.25) is 0 Å². The molecule has 0 saturated carbocycles. The van der Waals surface area contributed by atoms with Gasteiger partial charge in [-0.2, -0.15) is 0 Å². The van der Waals surface area contributed by atoms with E-state index in [-0.39, 0.29) is 0 Å². The van der Waals surface area contributed by atoms with E-state index in [1.165, 1.54) is 4.88 Å². The third kappa shape index (κ3) is 4.46. The second-order valence-electron chi connectivity index (χ2n) is 3.38. The van der Waals surface area contributed by atoms with Crippen LogP contribution in [0.15, 0.2) is 11.7 Å². The van der Waals surface area contributed by atoms with Gasteiger partial charge in [0.2, 0.25) is 0 Å². The van der Waals surface area contributed by atoms with Gasteiger partial charge in [-0.05, 0) is 26.3 Å². The van der Waals surface area contributed by atoms with Crippen LogP contribution in [0.4, 0.5) is 0 Å². The topological polar surface area (TPSA) is 24.9 Å². The van der Waals surface area contributed by atoms with Crippen LogP contribution in [-0.4, -0.2) is 11.5 Å². The van der Waals surface area contributed by atoms with Crippen LogP contribution < -0.4 is 5.32 Å². The second kappa shape index (κ2) is 7.44. The molecule has 1 heterocycles. The maximum Gasteiger partial charge on any atom is 0.0794 e. The molecular formula is C12H18N2S. The molecule has 1 rings (SSSR count). The Morgan fingerprint density at radius 2 is 2.47 bits per heavy atom. The highest BCUT2D eigenvalue weighted by Gasteiger charge is 2.10. The summed E-state index contributed by atoms with van der Waals surface area (Å²) in [6.45, 7) is 5.13. The highest BCUT2D eigenvalue weighted by molar-refractivity contribution is 7.09. The molecule has 1 atom stereocenters. The van der Waals surface area contributed by atoms with Gasteiger partial charge in [0.25, 0.3) is 0 Å². The first-order valence-corrected chi connectivity index (χ1v) is 6.27. The van der Waals surface area contributed by atoms with Crippen molar-refractivity contribution in [2.24, 2.45) is 0 Å². The van der Waals surface area contributed by atoms with Crippen molar-refractivity contribution in [2.75, 3.05) is 6.54 Å². The quantitative estimate of drug-likeness (QED) is 0.748. The Morgan fingerprint density at radius 1 is 1.60 bits per heavy atom. The molecule has 2 nitrogen and oxygen atoms in total. The molecule has 0 radical (unpaired) electrons. The van der Waals surface area contributed by atoms with E-state index in [4.69, 9.17) is 0 Å². The lowest BCUT2D eigenvalue weighted by molar-refractivity contribution is 0.512. The average molecular weight is 222 g/mol.